The summed E-state index contributed by atoms with van der Waals surface area (Å²) >= 11 is 6.15. The molecule has 1 heterocycles. The van der Waals surface area contributed by atoms with E-state index in [4.69, 9.17) is 17.3 Å². The fourth-order valence-corrected chi connectivity index (χ4v) is 3.04. The lowest BCUT2D eigenvalue weighted by atomic mass is 10.1. The minimum absolute atomic E-state index is 0.0214. The van der Waals surface area contributed by atoms with Crippen LogP contribution in [0.1, 0.15) is 32.6 Å². The number of anilines is 1. The fourth-order valence-electron chi connectivity index (χ4n) is 2.81. The molecular weight excluding hydrogens is 314 g/mol. The molecule has 0 saturated carbocycles. The molecule has 23 heavy (non-hydrogen) atoms. The third-order valence-electron chi connectivity index (χ3n) is 4.18. The van der Waals surface area contributed by atoms with Gasteiger partial charge in [-0.25, -0.2) is 0 Å². The first-order chi connectivity index (χ1) is 11.1. The van der Waals surface area contributed by atoms with Crippen molar-refractivity contribution in [1.82, 2.24) is 5.32 Å². The van der Waals surface area contributed by atoms with Gasteiger partial charge in [-0.05, 0) is 18.6 Å². The molecule has 5 nitrogen and oxygen atoms in total. The normalized spacial score (nSPS) is 19.0. The Balaban J connectivity index is 1.99. The molecule has 0 aromatic heterocycles. The Labute approximate surface area is 142 Å². The molecule has 6 heteroatoms. The average Bonchev–Trinajstić information content (AvgIpc) is 2.93. The highest BCUT2D eigenvalue weighted by Crippen LogP contribution is 2.31. The van der Waals surface area contributed by atoms with Gasteiger partial charge in [-0.15, -0.1) is 0 Å². The van der Waals surface area contributed by atoms with E-state index in [-0.39, 0.29) is 30.2 Å². The third kappa shape index (κ3) is 4.45. The number of carbonyl (C=O) groups is 2. The molecule has 1 aliphatic heterocycles. The van der Waals surface area contributed by atoms with Gasteiger partial charge in [0.2, 0.25) is 11.8 Å². The minimum Gasteiger partial charge on any atom is -0.352 e. The van der Waals surface area contributed by atoms with Crippen LogP contribution in [0, 0.1) is 5.92 Å². The van der Waals surface area contributed by atoms with Crippen molar-refractivity contribution in [3.63, 3.8) is 0 Å². The van der Waals surface area contributed by atoms with E-state index in [0.717, 1.165) is 19.3 Å². The van der Waals surface area contributed by atoms with Gasteiger partial charge in [-0.2, -0.15) is 0 Å². The zero-order chi connectivity index (χ0) is 16.8. The molecule has 1 saturated heterocycles. The molecule has 0 radical (unpaired) electrons. The van der Waals surface area contributed by atoms with Crippen molar-refractivity contribution in [2.24, 2.45) is 11.7 Å². The van der Waals surface area contributed by atoms with Crippen LogP contribution in [0.4, 0.5) is 5.69 Å². The molecule has 2 atom stereocenters. The highest BCUT2D eigenvalue weighted by molar-refractivity contribution is 6.33. The second kappa shape index (κ2) is 8.31. The zero-order valence-corrected chi connectivity index (χ0v) is 14.2. The van der Waals surface area contributed by atoms with Gasteiger partial charge in [0.1, 0.15) is 0 Å². The SMILES string of the molecule is CCCCC(CN)NC(=O)C1CC(=O)N(c2ccccc2Cl)C1. The Hall–Kier alpha value is -1.59. The Kier molecular flexibility index (Phi) is 6.42. The van der Waals surface area contributed by atoms with Gasteiger partial charge < -0.3 is 16.0 Å². The number of carbonyl (C=O) groups excluding carboxylic acids is 2. The number of nitrogens with two attached hydrogens (primary N) is 1. The van der Waals surface area contributed by atoms with Crippen molar-refractivity contribution in [3.05, 3.63) is 29.3 Å². The molecule has 3 N–H and O–H groups in total. The van der Waals surface area contributed by atoms with E-state index < -0.39 is 0 Å². The second-order valence-electron chi connectivity index (χ2n) is 5.94. The van der Waals surface area contributed by atoms with E-state index in [1.54, 1.807) is 17.0 Å². The van der Waals surface area contributed by atoms with E-state index in [9.17, 15) is 9.59 Å². The number of benzene rings is 1. The Morgan fingerprint density at radius 1 is 1.48 bits per heavy atom. The molecule has 2 unspecified atom stereocenters. The number of rotatable bonds is 7. The van der Waals surface area contributed by atoms with Crippen molar-refractivity contribution < 1.29 is 9.59 Å². The van der Waals surface area contributed by atoms with E-state index in [0.29, 0.717) is 23.8 Å². The van der Waals surface area contributed by atoms with Crippen molar-refractivity contribution in [2.75, 3.05) is 18.0 Å². The monoisotopic (exact) mass is 337 g/mol. The van der Waals surface area contributed by atoms with Gasteiger partial charge in [-0.3, -0.25) is 9.59 Å². The van der Waals surface area contributed by atoms with Gasteiger partial charge in [0, 0.05) is 25.6 Å². The number of halogens is 1. The molecule has 1 aromatic rings. The standard InChI is InChI=1S/C17H24ClN3O2/c1-2-3-6-13(10-19)20-17(23)12-9-16(22)21(11-12)15-8-5-4-7-14(15)18/h4-5,7-8,12-13H,2-3,6,9-11,19H2,1H3,(H,20,23). The summed E-state index contributed by atoms with van der Waals surface area (Å²) in [7, 11) is 0. The maximum absolute atomic E-state index is 12.4. The quantitative estimate of drug-likeness (QED) is 0.801. The summed E-state index contributed by atoms with van der Waals surface area (Å²) in [6, 6.07) is 7.16. The van der Waals surface area contributed by atoms with Gasteiger partial charge in [0.25, 0.3) is 0 Å². The molecule has 1 aromatic carbocycles. The van der Waals surface area contributed by atoms with Crippen LogP contribution in [0.15, 0.2) is 24.3 Å². The van der Waals surface area contributed by atoms with Gasteiger partial charge >= 0.3 is 0 Å². The van der Waals surface area contributed by atoms with E-state index >= 15 is 0 Å². The number of hydrogen-bond acceptors (Lipinski definition) is 3. The Bertz CT molecular complexity index is 565. The van der Waals surface area contributed by atoms with Crippen molar-refractivity contribution in [3.8, 4) is 0 Å². The molecule has 0 spiro atoms. The van der Waals surface area contributed by atoms with Crippen LogP contribution in [0.5, 0.6) is 0 Å². The zero-order valence-electron chi connectivity index (χ0n) is 13.4. The van der Waals surface area contributed by atoms with Crippen LogP contribution in [-0.2, 0) is 9.59 Å². The number of hydrogen-bond donors (Lipinski definition) is 2. The van der Waals surface area contributed by atoms with Crippen LogP contribution in [0.25, 0.3) is 0 Å². The molecule has 2 rings (SSSR count). The highest BCUT2D eigenvalue weighted by Gasteiger charge is 2.36. The predicted octanol–water partition coefficient (Wildman–Crippen LogP) is 2.33. The van der Waals surface area contributed by atoms with E-state index in [1.807, 2.05) is 12.1 Å². The van der Waals surface area contributed by atoms with E-state index in [1.165, 1.54) is 0 Å². The predicted molar refractivity (Wildman–Crippen MR) is 92.4 cm³/mol. The first-order valence-corrected chi connectivity index (χ1v) is 8.50. The summed E-state index contributed by atoms with van der Waals surface area (Å²) in [5.41, 5.74) is 6.38. The summed E-state index contributed by atoms with van der Waals surface area (Å²) in [6.45, 7) is 2.88. The summed E-state index contributed by atoms with van der Waals surface area (Å²) in [5.74, 6) is -0.523. The first-order valence-electron chi connectivity index (χ1n) is 8.12. The molecule has 1 aliphatic rings. The number of unbranched alkanes of at least 4 members (excludes halogenated alkanes) is 1. The molecular formula is C17H24ClN3O2. The van der Waals surface area contributed by atoms with Gasteiger partial charge in [-0.1, -0.05) is 43.5 Å². The number of nitrogens with one attached hydrogen (secondary N) is 1. The van der Waals surface area contributed by atoms with E-state index in [2.05, 4.69) is 12.2 Å². The van der Waals surface area contributed by atoms with Gasteiger partial charge in [0.15, 0.2) is 0 Å². The number of amides is 2. The van der Waals surface area contributed by atoms with Crippen molar-refractivity contribution >= 4 is 29.1 Å². The maximum atomic E-state index is 12.4. The van der Waals surface area contributed by atoms with Crippen LogP contribution in [0.2, 0.25) is 5.02 Å². The van der Waals surface area contributed by atoms with Crippen LogP contribution in [0.3, 0.4) is 0 Å². The maximum Gasteiger partial charge on any atom is 0.227 e. The van der Waals surface area contributed by atoms with Crippen molar-refractivity contribution in [2.45, 2.75) is 38.6 Å². The van der Waals surface area contributed by atoms with Crippen LogP contribution >= 0.6 is 11.6 Å². The molecule has 1 fully saturated rings. The highest BCUT2D eigenvalue weighted by atomic mass is 35.5. The van der Waals surface area contributed by atoms with Crippen LogP contribution in [-0.4, -0.2) is 30.9 Å². The Morgan fingerprint density at radius 3 is 2.87 bits per heavy atom. The third-order valence-corrected chi connectivity index (χ3v) is 4.50. The molecule has 0 bridgehead atoms. The van der Waals surface area contributed by atoms with Crippen LogP contribution < -0.4 is 16.0 Å². The average molecular weight is 338 g/mol. The minimum atomic E-state index is -0.352. The molecule has 0 aliphatic carbocycles. The molecule has 126 valence electrons. The number of nitrogens with zero attached hydrogens (tertiary/aromatic N) is 1. The largest absolute Gasteiger partial charge is 0.352 e. The summed E-state index contributed by atoms with van der Waals surface area (Å²) in [4.78, 5) is 26.2. The topological polar surface area (TPSA) is 75.4 Å². The summed E-state index contributed by atoms with van der Waals surface area (Å²) in [5, 5.41) is 3.49. The number of para-hydroxylation sites is 1. The Morgan fingerprint density at radius 2 is 2.22 bits per heavy atom. The lowest BCUT2D eigenvalue weighted by Gasteiger charge is -2.20. The van der Waals surface area contributed by atoms with Gasteiger partial charge in [0.05, 0.1) is 16.6 Å². The summed E-state index contributed by atoms with van der Waals surface area (Å²) in [6.07, 6.45) is 3.17. The summed E-state index contributed by atoms with van der Waals surface area (Å²) < 4.78 is 0. The smallest absolute Gasteiger partial charge is 0.227 e. The van der Waals surface area contributed by atoms with Crippen molar-refractivity contribution in [1.29, 1.82) is 0 Å². The lowest BCUT2D eigenvalue weighted by molar-refractivity contribution is -0.126. The first kappa shape index (κ1) is 17.8. The second-order valence-corrected chi connectivity index (χ2v) is 6.35. The molecule has 2 amide bonds. The lowest BCUT2D eigenvalue weighted by Crippen LogP contribution is -2.43. The fraction of sp³-hybridized carbons (Fsp3) is 0.529.